The van der Waals surface area contributed by atoms with E-state index in [0.717, 1.165) is 44.6 Å². The molecule has 0 unspecified atom stereocenters. The van der Waals surface area contributed by atoms with Crippen molar-refractivity contribution >= 4 is 101 Å². The molecule has 0 aromatic heterocycles. The molecule has 0 heterocycles. The second-order valence-electron chi connectivity index (χ2n) is 10.6. The first-order chi connectivity index (χ1) is 25.6. The number of benzene rings is 4. The number of hydrogen-bond donors (Lipinski definition) is 0. The van der Waals surface area contributed by atoms with Gasteiger partial charge in [-0.2, -0.15) is 0 Å². The number of nitrogens with zero attached hydrogens (tertiary/aromatic N) is 4. The fraction of sp³-hybridized carbons (Fsp3) is 0.211. The van der Waals surface area contributed by atoms with Crippen LogP contribution in [0.1, 0.15) is 48.9 Å². The Morgan fingerprint density at radius 2 is 0.632 bits per heavy atom. The predicted octanol–water partition coefficient (Wildman–Crippen LogP) is 4.08. The van der Waals surface area contributed by atoms with E-state index in [9.17, 15) is 20.4 Å². The molecule has 0 bridgehead atoms. The largest absolute Gasteiger partial charge is 2.00 e. The maximum atomic E-state index is 11.6. The quantitative estimate of drug-likeness (QED) is 0.114. The third kappa shape index (κ3) is 29.0. The summed E-state index contributed by atoms with van der Waals surface area (Å²) in [6, 6.07) is 19.8. The molecule has 0 atom stereocenters. The Bertz CT molecular complexity index is 1670. The number of rotatable bonds is 12. The third-order valence-electron chi connectivity index (χ3n) is 5.96. The van der Waals surface area contributed by atoms with Crippen LogP contribution in [-0.4, -0.2) is 63.0 Å². The van der Waals surface area contributed by atoms with Gasteiger partial charge in [-0.1, -0.05) is 111 Å². The molecule has 4 rings (SSSR count). The van der Waals surface area contributed by atoms with Crippen LogP contribution in [0.2, 0.25) is 0 Å². The molecule has 0 amide bonds. The van der Waals surface area contributed by atoms with E-state index in [2.05, 4.69) is 83.7 Å². The van der Waals surface area contributed by atoms with Crippen LogP contribution < -0.4 is 30.6 Å². The summed E-state index contributed by atoms with van der Waals surface area (Å²) >= 11 is 13.3. The third-order valence-corrected chi connectivity index (χ3v) is 7.93. The van der Waals surface area contributed by atoms with E-state index in [4.69, 9.17) is 19.8 Å². The second kappa shape index (κ2) is 34.0. The molecule has 4 aromatic rings. The van der Waals surface area contributed by atoms with Gasteiger partial charge < -0.3 is 40.2 Å². The molecule has 57 heavy (non-hydrogen) atoms. The van der Waals surface area contributed by atoms with E-state index in [1.807, 2.05) is 0 Å². The van der Waals surface area contributed by atoms with Gasteiger partial charge in [0.2, 0.25) is 0 Å². The molecule has 0 saturated heterocycles. The maximum absolute atomic E-state index is 11.6. The number of carbonyl (C=O) groups is 2. The second-order valence-corrected chi connectivity index (χ2v) is 14.2. The van der Waals surface area contributed by atoms with Gasteiger partial charge in [-0.3, -0.25) is 20.0 Å². The van der Waals surface area contributed by atoms with Crippen LogP contribution in [-0.2, 0) is 59.1 Å². The number of aliphatic carboxylic acids is 2. The summed E-state index contributed by atoms with van der Waals surface area (Å²) < 4.78 is 3.41. The molecular weight excluding hydrogens is 1140 g/mol. The van der Waals surface area contributed by atoms with Gasteiger partial charge in [0.15, 0.2) is 0 Å². The van der Waals surface area contributed by atoms with Gasteiger partial charge in [-0.15, -0.1) is 0 Å². The summed E-state index contributed by atoms with van der Waals surface area (Å²) in [5, 5.41) is 64.1. The SMILES string of the molecule is CC(=O)[O-].CC(=O)[O-].[Ni+2].[Ni+2].[Ni+2].[O-]c1ccc(Br)cc1C=NCCCN=Cc1cc(Br)ccc1[O-].[O-]c1ccc(Br)cc1C=NCCCN=Cc1cc(Br)ccc1[O-]. The van der Waals surface area contributed by atoms with Crippen LogP contribution in [0.5, 0.6) is 23.0 Å². The maximum Gasteiger partial charge on any atom is 2.00 e. The van der Waals surface area contributed by atoms with Crippen molar-refractivity contribution < 1.29 is 89.7 Å². The fourth-order valence-corrected chi connectivity index (χ4v) is 5.15. The van der Waals surface area contributed by atoms with E-state index < -0.39 is 11.9 Å². The molecule has 0 radical (unpaired) electrons. The zero-order valence-corrected chi connectivity index (χ0v) is 39.3. The zero-order valence-electron chi connectivity index (χ0n) is 30.0. The van der Waals surface area contributed by atoms with Crippen molar-refractivity contribution in [1.82, 2.24) is 0 Å². The van der Waals surface area contributed by atoms with Crippen molar-refractivity contribution in [3.8, 4) is 23.0 Å². The van der Waals surface area contributed by atoms with Crippen LogP contribution in [0, 0.1) is 0 Å². The molecule has 4 aromatic carbocycles. The zero-order chi connectivity index (χ0) is 40.5. The average molecular weight is 1170 g/mol. The van der Waals surface area contributed by atoms with E-state index in [-0.39, 0.29) is 72.5 Å². The Morgan fingerprint density at radius 1 is 0.456 bits per heavy atom. The normalized spacial score (nSPS) is 10.2. The van der Waals surface area contributed by atoms with Crippen LogP contribution >= 0.6 is 63.7 Å². The van der Waals surface area contributed by atoms with Crippen LogP contribution in [0.4, 0.5) is 0 Å². The molecule has 0 fully saturated rings. The van der Waals surface area contributed by atoms with E-state index in [1.54, 1.807) is 73.4 Å². The van der Waals surface area contributed by atoms with E-state index >= 15 is 0 Å². The summed E-state index contributed by atoms with van der Waals surface area (Å²) in [5.41, 5.74) is 2.25. The summed E-state index contributed by atoms with van der Waals surface area (Å²) in [6.45, 7) is 4.25. The monoisotopic (exact) mass is 1160 g/mol. The Balaban J connectivity index is -0.000000823. The number of halogens is 4. The first kappa shape index (κ1) is 58.4. The Labute approximate surface area is 395 Å². The molecule has 12 nitrogen and oxygen atoms in total. The van der Waals surface area contributed by atoms with Crippen molar-refractivity contribution in [2.75, 3.05) is 26.2 Å². The van der Waals surface area contributed by atoms with Crippen molar-refractivity contribution in [2.45, 2.75) is 26.7 Å². The molecule has 0 aliphatic rings. The van der Waals surface area contributed by atoms with Gasteiger partial charge in [-0.25, -0.2) is 0 Å². The summed E-state index contributed by atoms with van der Waals surface area (Å²) in [5.74, 6) is -2.36. The van der Waals surface area contributed by atoms with Gasteiger partial charge in [0, 0.05) is 80.9 Å². The number of aliphatic imine (C=N–C) groups is 4. The van der Waals surface area contributed by atoms with Crippen LogP contribution in [0.3, 0.4) is 0 Å². The van der Waals surface area contributed by atoms with Gasteiger partial charge >= 0.3 is 49.5 Å². The Hall–Kier alpha value is -2.90. The molecule has 312 valence electrons. The minimum absolute atomic E-state index is 0. The molecule has 0 saturated carbocycles. The molecular formula is C38H34Br4N4Ni3O8. The van der Waals surface area contributed by atoms with Crippen molar-refractivity contribution in [3.05, 3.63) is 113 Å². The van der Waals surface area contributed by atoms with E-state index in [0.29, 0.717) is 48.4 Å². The summed E-state index contributed by atoms with van der Waals surface area (Å²) in [6.07, 6.45) is 7.83. The van der Waals surface area contributed by atoms with Crippen molar-refractivity contribution in [2.24, 2.45) is 20.0 Å². The average Bonchev–Trinajstić information content (AvgIpc) is 3.09. The summed E-state index contributed by atoms with van der Waals surface area (Å²) in [7, 11) is 0. The van der Waals surface area contributed by atoms with Crippen LogP contribution in [0.15, 0.2) is 111 Å². The smallest absolute Gasteiger partial charge is 0.872 e. The molecule has 0 aliphatic carbocycles. The van der Waals surface area contributed by atoms with Gasteiger partial charge in [0.05, 0.1) is 0 Å². The Morgan fingerprint density at radius 3 is 0.807 bits per heavy atom. The minimum atomic E-state index is -1.08. The molecule has 0 spiro atoms. The fourth-order valence-electron chi connectivity index (χ4n) is 3.64. The number of carboxylic acids is 2. The standard InChI is InChI=1S/2C17H16Br2N2O2.2C2H4O2.3Ni/c2*18-14-2-4-16(22)12(8-14)10-20-6-1-7-21-11-13-9-15(19)3-5-17(13)23;2*1-2(3)4;;;/h2*2-5,8-11,22-23H,1,6-7H2;2*1H3,(H,3,4);;;/q;;;;3*+2/p-6. The minimum Gasteiger partial charge on any atom is -0.872 e. The molecule has 0 N–H and O–H groups in total. The topological polar surface area (TPSA) is 222 Å². The molecule has 0 aliphatic heterocycles. The molecule has 19 heteroatoms. The van der Waals surface area contributed by atoms with Crippen LogP contribution in [0.25, 0.3) is 0 Å². The Kier molecular flexibility index (Phi) is 34.9. The summed E-state index contributed by atoms with van der Waals surface area (Å²) in [4.78, 5) is 34.7. The van der Waals surface area contributed by atoms with Gasteiger partial charge in [0.25, 0.3) is 0 Å². The number of hydrogen-bond acceptors (Lipinski definition) is 12. The number of carboxylic acid groups (broad SMARTS) is 2. The number of carbonyl (C=O) groups excluding carboxylic acids is 2. The van der Waals surface area contributed by atoms with Crippen molar-refractivity contribution in [3.63, 3.8) is 0 Å². The first-order valence-electron chi connectivity index (χ1n) is 15.8. The first-order valence-corrected chi connectivity index (χ1v) is 19.0. The van der Waals surface area contributed by atoms with Crippen molar-refractivity contribution in [1.29, 1.82) is 0 Å². The van der Waals surface area contributed by atoms with Gasteiger partial charge in [-0.05, 0) is 97.5 Å². The van der Waals surface area contributed by atoms with Gasteiger partial charge in [0.1, 0.15) is 0 Å². The van der Waals surface area contributed by atoms with E-state index in [1.165, 1.54) is 24.3 Å². The predicted molar refractivity (Wildman–Crippen MR) is 215 cm³/mol.